The van der Waals surface area contributed by atoms with Crippen LogP contribution in [-0.4, -0.2) is 36.3 Å². The average Bonchev–Trinajstić information content (AvgIpc) is 2.55. The highest BCUT2D eigenvalue weighted by atomic mass is 16.6. The maximum atomic E-state index is 12.1. The lowest BCUT2D eigenvalue weighted by molar-refractivity contribution is -0.117. The van der Waals surface area contributed by atoms with E-state index >= 15 is 0 Å². The number of alkyl carbamates (subject to hydrolysis) is 1. The Morgan fingerprint density at radius 2 is 1.70 bits per heavy atom. The van der Waals surface area contributed by atoms with Gasteiger partial charge in [0, 0.05) is 12.6 Å². The van der Waals surface area contributed by atoms with Gasteiger partial charge in [0.1, 0.15) is 11.4 Å². The summed E-state index contributed by atoms with van der Waals surface area (Å²) in [6.07, 6.45) is 3.65. The number of ether oxygens (including phenoxy) is 2. The van der Waals surface area contributed by atoms with Gasteiger partial charge in [0.05, 0.1) is 12.1 Å². The van der Waals surface area contributed by atoms with E-state index in [0.717, 1.165) is 17.7 Å². The van der Waals surface area contributed by atoms with Crippen LogP contribution in [0.3, 0.4) is 0 Å². The van der Waals surface area contributed by atoms with E-state index in [1.165, 1.54) is 6.08 Å². The monoisotopic (exact) mass is 376 g/mol. The van der Waals surface area contributed by atoms with Crippen LogP contribution in [0.1, 0.15) is 53.5 Å². The van der Waals surface area contributed by atoms with Gasteiger partial charge in [-0.15, -0.1) is 0 Å². The molecule has 6 nitrogen and oxygen atoms in total. The molecule has 1 aromatic rings. The molecule has 2 amide bonds. The summed E-state index contributed by atoms with van der Waals surface area (Å²) in [5, 5.41) is 5.53. The van der Waals surface area contributed by atoms with Crippen molar-refractivity contribution < 1.29 is 19.1 Å². The molecule has 2 N–H and O–H groups in total. The van der Waals surface area contributed by atoms with Crippen LogP contribution in [0.15, 0.2) is 30.3 Å². The number of hydrogen-bond donors (Lipinski definition) is 2. The van der Waals surface area contributed by atoms with Crippen molar-refractivity contribution in [2.75, 3.05) is 13.2 Å². The van der Waals surface area contributed by atoms with E-state index < -0.39 is 17.2 Å². The number of nitrogens with one attached hydrogen (secondary N) is 2. The summed E-state index contributed by atoms with van der Waals surface area (Å²) in [6, 6.07) is 7.54. The van der Waals surface area contributed by atoms with Gasteiger partial charge in [0.25, 0.3) is 0 Å². The molecule has 0 fully saturated rings. The van der Waals surface area contributed by atoms with E-state index in [2.05, 4.69) is 17.6 Å². The zero-order valence-corrected chi connectivity index (χ0v) is 17.2. The topological polar surface area (TPSA) is 76.7 Å². The lowest BCUT2D eigenvalue weighted by Crippen LogP contribution is -2.51. The lowest BCUT2D eigenvalue weighted by atomic mass is 10.1. The van der Waals surface area contributed by atoms with Crippen molar-refractivity contribution in [3.05, 3.63) is 35.9 Å². The Morgan fingerprint density at radius 3 is 2.26 bits per heavy atom. The third-order valence-electron chi connectivity index (χ3n) is 3.32. The largest absolute Gasteiger partial charge is 0.494 e. The lowest BCUT2D eigenvalue weighted by Gasteiger charge is -2.27. The standard InChI is InChI=1S/C21H32N2O4/c1-7-14-26-17-11-8-16(9-12-17)10-13-18(24)23-21(5,6)15-22-19(25)27-20(2,3)4/h8-13H,7,14-15H2,1-6H3,(H,22,25)(H,23,24)/b13-10+. The Bertz CT molecular complexity index is 643. The Kier molecular flexibility index (Phi) is 8.34. The van der Waals surface area contributed by atoms with Crippen LogP contribution < -0.4 is 15.4 Å². The molecule has 0 aliphatic rings. The number of rotatable bonds is 8. The first kappa shape index (κ1) is 22.5. The van der Waals surface area contributed by atoms with E-state index in [1.54, 1.807) is 26.8 Å². The third kappa shape index (κ3) is 10.3. The fourth-order valence-corrected chi connectivity index (χ4v) is 2.09. The second-order valence-electron chi connectivity index (χ2n) is 7.98. The Hall–Kier alpha value is -2.50. The quantitative estimate of drug-likeness (QED) is 0.675. The van der Waals surface area contributed by atoms with E-state index in [4.69, 9.17) is 9.47 Å². The molecule has 6 heteroatoms. The van der Waals surface area contributed by atoms with E-state index in [1.807, 2.05) is 38.1 Å². The third-order valence-corrected chi connectivity index (χ3v) is 3.32. The number of amides is 2. The molecule has 0 aliphatic heterocycles. The summed E-state index contributed by atoms with van der Waals surface area (Å²) in [7, 11) is 0. The molecule has 0 unspecified atom stereocenters. The Labute approximate surface area is 162 Å². The summed E-state index contributed by atoms with van der Waals surface area (Å²) in [6.45, 7) is 12.0. The minimum atomic E-state index is -0.615. The van der Waals surface area contributed by atoms with E-state index in [9.17, 15) is 9.59 Å². The van der Waals surface area contributed by atoms with Gasteiger partial charge < -0.3 is 20.1 Å². The molecule has 150 valence electrons. The summed E-state index contributed by atoms with van der Waals surface area (Å²) < 4.78 is 10.7. The highest BCUT2D eigenvalue weighted by molar-refractivity contribution is 5.92. The van der Waals surface area contributed by atoms with Crippen LogP contribution in [0.5, 0.6) is 5.75 Å². The van der Waals surface area contributed by atoms with Crippen molar-refractivity contribution in [1.29, 1.82) is 0 Å². The molecule has 0 heterocycles. The van der Waals surface area contributed by atoms with Crippen LogP contribution in [0.25, 0.3) is 6.08 Å². The van der Waals surface area contributed by atoms with Gasteiger partial charge in [-0.25, -0.2) is 4.79 Å². The Morgan fingerprint density at radius 1 is 1.07 bits per heavy atom. The summed E-state index contributed by atoms with van der Waals surface area (Å²) in [4.78, 5) is 23.9. The van der Waals surface area contributed by atoms with Crippen LogP contribution >= 0.6 is 0 Å². The van der Waals surface area contributed by atoms with Crippen molar-refractivity contribution in [3.8, 4) is 5.75 Å². The fraction of sp³-hybridized carbons (Fsp3) is 0.524. The summed E-state index contributed by atoms with van der Waals surface area (Å²) in [5.74, 6) is 0.574. The number of benzene rings is 1. The second kappa shape index (κ2) is 10.00. The molecule has 0 radical (unpaired) electrons. The van der Waals surface area contributed by atoms with Gasteiger partial charge in [-0.05, 0) is 64.8 Å². The van der Waals surface area contributed by atoms with Crippen molar-refractivity contribution >= 4 is 18.1 Å². The van der Waals surface area contributed by atoms with Crippen LogP contribution in [0.4, 0.5) is 4.79 Å². The smallest absolute Gasteiger partial charge is 0.407 e. The molecular formula is C21H32N2O4. The van der Waals surface area contributed by atoms with Crippen molar-refractivity contribution in [3.63, 3.8) is 0 Å². The second-order valence-corrected chi connectivity index (χ2v) is 7.98. The van der Waals surface area contributed by atoms with Crippen molar-refractivity contribution in [1.82, 2.24) is 10.6 Å². The van der Waals surface area contributed by atoms with Crippen molar-refractivity contribution in [2.45, 2.75) is 59.1 Å². The molecule has 0 bridgehead atoms. The zero-order valence-electron chi connectivity index (χ0n) is 17.2. The summed E-state index contributed by atoms with van der Waals surface area (Å²) >= 11 is 0. The average molecular weight is 376 g/mol. The molecule has 0 aromatic heterocycles. The maximum absolute atomic E-state index is 12.1. The molecule has 27 heavy (non-hydrogen) atoms. The van der Waals surface area contributed by atoms with Crippen LogP contribution in [0.2, 0.25) is 0 Å². The number of hydrogen-bond acceptors (Lipinski definition) is 4. The van der Waals surface area contributed by atoms with E-state index in [0.29, 0.717) is 6.61 Å². The Balaban J connectivity index is 2.49. The first-order valence-corrected chi connectivity index (χ1v) is 9.21. The minimum absolute atomic E-state index is 0.239. The molecule has 1 aromatic carbocycles. The van der Waals surface area contributed by atoms with Gasteiger partial charge in [-0.1, -0.05) is 19.1 Å². The number of carbonyl (C=O) groups is 2. The highest BCUT2D eigenvalue weighted by Gasteiger charge is 2.22. The van der Waals surface area contributed by atoms with Gasteiger partial charge in [-0.2, -0.15) is 0 Å². The molecule has 0 aliphatic carbocycles. The molecule has 0 spiro atoms. The predicted octanol–water partition coefficient (Wildman–Crippen LogP) is 3.91. The molecular weight excluding hydrogens is 344 g/mol. The summed E-state index contributed by atoms with van der Waals surface area (Å²) in [5.41, 5.74) is -0.272. The van der Waals surface area contributed by atoms with Gasteiger partial charge in [0.15, 0.2) is 0 Å². The van der Waals surface area contributed by atoms with Gasteiger partial charge >= 0.3 is 6.09 Å². The van der Waals surface area contributed by atoms with Crippen LogP contribution in [-0.2, 0) is 9.53 Å². The molecule has 1 rings (SSSR count). The first-order chi connectivity index (χ1) is 12.5. The molecule has 0 saturated heterocycles. The first-order valence-electron chi connectivity index (χ1n) is 9.21. The highest BCUT2D eigenvalue weighted by Crippen LogP contribution is 2.13. The van der Waals surface area contributed by atoms with Crippen molar-refractivity contribution in [2.24, 2.45) is 0 Å². The normalized spacial score (nSPS) is 11.9. The van der Waals surface area contributed by atoms with Gasteiger partial charge in [0.2, 0.25) is 5.91 Å². The zero-order chi connectivity index (χ0) is 20.5. The van der Waals surface area contributed by atoms with Crippen LogP contribution in [0, 0.1) is 0 Å². The van der Waals surface area contributed by atoms with Gasteiger partial charge in [-0.3, -0.25) is 4.79 Å². The minimum Gasteiger partial charge on any atom is -0.494 e. The SMILES string of the molecule is CCCOc1ccc(/C=C/C(=O)NC(C)(C)CNC(=O)OC(C)(C)C)cc1. The molecule has 0 atom stereocenters. The molecule has 0 saturated carbocycles. The maximum Gasteiger partial charge on any atom is 0.407 e. The fourth-order valence-electron chi connectivity index (χ4n) is 2.09. The predicted molar refractivity (Wildman–Crippen MR) is 108 cm³/mol. The van der Waals surface area contributed by atoms with E-state index in [-0.39, 0.29) is 12.5 Å². The number of carbonyl (C=O) groups excluding carboxylic acids is 2.